The van der Waals surface area contributed by atoms with Gasteiger partial charge in [-0.15, -0.1) is 0 Å². The number of carboxylic acid groups (broad SMARTS) is 1. The van der Waals surface area contributed by atoms with Crippen molar-refractivity contribution in [3.63, 3.8) is 0 Å². The lowest BCUT2D eigenvalue weighted by Gasteiger charge is -2.27. The lowest BCUT2D eigenvalue weighted by Crippen LogP contribution is -2.48. The second-order valence-corrected chi connectivity index (χ2v) is 5.20. The highest BCUT2D eigenvalue weighted by Crippen LogP contribution is 2.13. The highest BCUT2D eigenvalue weighted by Gasteiger charge is 2.27. The number of amides is 2. The van der Waals surface area contributed by atoms with Crippen LogP contribution in [-0.2, 0) is 14.4 Å². The monoisotopic (exact) mass is 269 g/mol. The minimum absolute atomic E-state index is 0.0157. The molecule has 0 saturated heterocycles. The van der Waals surface area contributed by atoms with E-state index in [1.165, 1.54) is 7.05 Å². The van der Waals surface area contributed by atoms with Crippen LogP contribution in [0.3, 0.4) is 0 Å². The molecule has 7 nitrogen and oxygen atoms in total. The van der Waals surface area contributed by atoms with Crippen molar-refractivity contribution >= 4 is 23.5 Å². The van der Waals surface area contributed by atoms with Crippen LogP contribution >= 0.6 is 0 Å². The molecule has 0 spiro atoms. The predicted molar refractivity (Wildman–Crippen MR) is 68.5 cm³/mol. The van der Waals surface area contributed by atoms with Crippen molar-refractivity contribution in [1.82, 2.24) is 10.3 Å². The Bertz CT molecular complexity index is 429. The van der Waals surface area contributed by atoms with Crippen molar-refractivity contribution in [3.05, 3.63) is 0 Å². The molecule has 0 atom stereocenters. The normalized spacial score (nSPS) is 16.1. The lowest BCUT2D eigenvalue weighted by molar-refractivity contribution is -0.137. The topological polar surface area (TPSA) is 99.1 Å². The number of hydrogen-bond acceptors (Lipinski definition) is 4. The summed E-state index contributed by atoms with van der Waals surface area (Å²) in [5.74, 6) is -1.38. The number of nitrogens with zero attached hydrogens (tertiary/aromatic N) is 2. The third kappa shape index (κ3) is 4.69. The highest BCUT2D eigenvalue weighted by molar-refractivity contribution is 6.39. The van der Waals surface area contributed by atoms with Gasteiger partial charge < -0.3 is 10.4 Å². The zero-order chi connectivity index (χ0) is 14.6. The second kappa shape index (κ2) is 5.81. The minimum Gasteiger partial charge on any atom is -0.481 e. The molecule has 0 unspecified atom stereocenters. The number of rotatable bonds is 5. The fourth-order valence-corrected chi connectivity index (χ4v) is 1.69. The molecule has 7 heteroatoms. The Morgan fingerprint density at radius 1 is 1.42 bits per heavy atom. The molecular weight excluding hydrogens is 250 g/mol. The summed E-state index contributed by atoms with van der Waals surface area (Å²) in [5, 5.41) is 16.5. The van der Waals surface area contributed by atoms with Crippen molar-refractivity contribution in [2.24, 2.45) is 5.10 Å². The van der Waals surface area contributed by atoms with Crippen molar-refractivity contribution in [1.29, 1.82) is 0 Å². The number of carbonyl (C=O) groups is 3. The molecule has 0 fully saturated rings. The van der Waals surface area contributed by atoms with Gasteiger partial charge in [-0.05, 0) is 20.3 Å². The van der Waals surface area contributed by atoms with Gasteiger partial charge in [-0.3, -0.25) is 14.4 Å². The molecular formula is C12H19N3O4. The van der Waals surface area contributed by atoms with Crippen LogP contribution in [-0.4, -0.2) is 46.2 Å². The summed E-state index contributed by atoms with van der Waals surface area (Å²) in [5.41, 5.74) is -0.330. The highest BCUT2D eigenvalue weighted by atomic mass is 16.4. The summed E-state index contributed by atoms with van der Waals surface area (Å²) in [6, 6.07) is 0. The standard InChI is InChI=1S/C12H19N3O4/c1-12(2,7-6-10(17)18)13-11(19)8-4-5-9(16)15(3)14-8/h4-7H2,1-3H3,(H,13,19)(H,17,18). The van der Waals surface area contributed by atoms with Crippen LogP contribution in [0.1, 0.15) is 39.5 Å². The van der Waals surface area contributed by atoms with E-state index in [-0.39, 0.29) is 24.7 Å². The van der Waals surface area contributed by atoms with Crippen LogP contribution in [0.2, 0.25) is 0 Å². The van der Waals surface area contributed by atoms with Gasteiger partial charge in [0.2, 0.25) is 5.91 Å². The van der Waals surface area contributed by atoms with Gasteiger partial charge >= 0.3 is 5.97 Å². The van der Waals surface area contributed by atoms with E-state index < -0.39 is 11.5 Å². The summed E-state index contributed by atoms with van der Waals surface area (Å²) < 4.78 is 0. The van der Waals surface area contributed by atoms with Crippen LogP contribution < -0.4 is 5.32 Å². The first-order valence-corrected chi connectivity index (χ1v) is 6.09. The molecule has 106 valence electrons. The predicted octanol–water partition coefficient (Wildman–Crippen LogP) is 0.354. The summed E-state index contributed by atoms with van der Waals surface area (Å²) in [6.07, 6.45) is 0.886. The molecule has 0 aromatic heterocycles. The number of aliphatic carboxylic acids is 1. The van der Waals surface area contributed by atoms with E-state index >= 15 is 0 Å². The van der Waals surface area contributed by atoms with E-state index in [2.05, 4.69) is 10.4 Å². The fraction of sp³-hybridized carbons (Fsp3) is 0.667. The Balaban J connectivity index is 2.61. The van der Waals surface area contributed by atoms with Gasteiger partial charge in [0.15, 0.2) is 0 Å². The van der Waals surface area contributed by atoms with Gasteiger partial charge in [-0.2, -0.15) is 5.10 Å². The molecule has 0 bridgehead atoms. The Kier molecular flexibility index (Phi) is 4.63. The zero-order valence-corrected chi connectivity index (χ0v) is 11.4. The van der Waals surface area contributed by atoms with Crippen LogP contribution in [0, 0.1) is 0 Å². The molecule has 2 amide bonds. The van der Waals surface area contributed by atoms with Gasteiger partial charge in [-0.1, -0.05) is 0 Å². The summed E-state index contributed by atoms with van der Waals surface area (Å²) >= 11 is 0. The molecule has 1 rings (SSSR count). The van der Waals surface area contributed by atoms with Crippen molar-refractivity contribution in [2.45, 2.75) is 45.1 Å². The third-order valence-corrected chi connectivity index (χ3v) is 2.89. The van der Waals surface area contributed by atoms with Gasteiger partial charge in [-0.25, -0.2) is 5.01 Å². The second-order valence-electron chi connectivity index (χ2n) is 5.20. The molecule has 19 heavy (non-hydrogen) atoms. The number of nitrogens with one attached hydrogen (secondary N) is 1. The first-order valence-electron chi connectivity index (χ1n) is 6.09. The van der Waals surface area contributed by atoms with Gasteiger partial charge in [0.25, 0.3) is 5.91 Å². The molecule has 0 aromatic carbocycles. The molecule has 0 saturated carbocycles. The number of hydrazone groups is 1. The molecule has 1 aliphatic heterocycles. The Hall–Kier alpha value is -1.92. The maximum atomic E-state index is 12.0. The summed E-state index contributed by atoms with van der Waals surface area (Å²) in [7, 11) is 1.50. The number of hydrogen-bond donors (Lipinski definition) is 2. The molecule has 2 N–H and O–H groups in total. The first-order chi connectivity index (χ1) is 8.71. The van der Waals surface area contributed by atoms with Gasteiger partial charge in [0.1, 0.15) is 5.71 Å². The smallest absolute Gasteiger partial charge is 0.303 e. The Labute approximate surface area is 111 Å². The van der Waals surface area contributed by atoms with Crippen LogP contribution in [0.5, 0.6) is 0 Å². The van der Waals surface area contributed by atoms with E-state index in [0.29, 0.717) is 18.6 Å². The van der Waals surface area contributed by atoms with Crippen LogP contribution in [0.4, 0.5) is 0 Å². The molecule has 0 aliphatic carbocycles. The molecule has 1 heterocycles. The van der Waals surface area contributed by atoms with Gasteiger partial charge in [0.05, 0.1) is 0 Å². The van der Waals surface area contributed by atoms with Crippen molar-refractivity contribution in [3.8, 4) is 0 Å². The first kappa shape index (κ1) is 15.1. The zero-order valence-electron chi connectivity index (χ0n) is 11.4. The summed E-state index contributed by atoms with van der Waals surface area (Å²) in [6.45, 7) is 3.51. The maximum absolute atomic E-state index is 12.0. The average molecular weight is 269 g/mol. The van der Waals surface area contributed by atoms with E-state index in [1.807, 2.05) is 0 Å². The fourth-order valence-electron chi connectivity index (χ4n) is 1.69. The number of carboxylic acids is 1. The van der Waals surface area contributed by atoms with E-state index in [0.717, 1.165) is 5.01 Å². The van der Waals surface area contributed by atoms with E-state index in [4.69, 9.17) is 5.11 Å². The van der Waals surface area contributed by atoms with E-state index in [1.54, 1.807) is 13.8 Å². The van der Waals surface area contributed by atoms with Crippen molar-refractivity contribution in [2.75, 3.05) is 7.05 Å². The SMILES string of the molecule is CN1N=C(C(=O)NC(C)(C)CCC(=O)O)CCC1=O. The van der Waals surface area contributed by atoms with Gasteiger partial charge in [0, 0.05) is 31.8 Å². The Morgan fingerprint density at radius 3 is 2.58 bits per heavy atom. The quantitative estimate of drug-likeness (QED) is 0.752. The maximum Gasteiger partial charge on any atom is 0.303 e. The van der Waals surface area contributed by atoms with Crippen molar-refractivity contribution < 1.29 is 19.5 Å². The lowest BCUT2D eigenvalue weighted by atomic mass is 9.97. The minimum atomic E-state index is -0.900. The summed E-state index contributed by atoms with van der Waals surface area (Å²) in [4.78, 5) is 33.8. The third-order valence-electron chi connectivity index (χ3n) is 2.89. The average Bonchev–Trinajstić information content (AvgIpc) is 2.29. The van der Waals surface area contributed by atoms with Crippen LogP contribution in [0.15, 0.2) is 5.10 Å². The molecule has 1 aliphatic rings. The van der Waals surface area contributed by atoms with Crippen LogP contribution in [0.25, 0.3) is 0 Å². The molecule has 0 radical (unpaired) electrons. The van der Waals surface area contributed by atoms with E-state index in [9.17, 15) is 14.4 Å². The number of carbonyl (C=O) groups excluding carboxylic acids is 2. The largest absolute Gasteiger partial charge is 0.481 e. The molecule has 0 aromatic rings. The Morgan fingerprint density at radius 2 is 2.05 bits per heavy atom.